The van der Waals surface area contributed by atoms with E-state index in [0.717, 1.165) is 66.3 Å². The van der Waals surface area contributed by atoms with Gasteiger partial charge in [0.15, 0.2) is 0 Å². The number of nitrogens with zero attached hydrogens (tertiary/aromatic N) is 2. The number of amides is 2. The van der Waals surface area contributed by atoms with Gasteiger partial charge in [0, 0.05) is 43.3 Å². The summed E-state index contributed by atoms with van der Waals surface area (Å²) < 4.78 is 0. The van der Waals surface area contributed by atoms with Crippen molar-refractivity contribution in [3.63, 3.8) is 0 Å². The molecule has 1 atom stereocenters. The maximum atomic E-state index is 12.8. The average Bonchev–Trinajstić information content (AvgIpc) is 3.28. The molecule has 2 aromatic rings. The Bertz CT molecular complexity index is 825. The van der Waals surface area contributed by atoms with E-state index < -0.39 is 0 Å². The molecular formula is C20H25N3O2S2. The predicted molar refractivity (Wildman–Crippen MR) is 108 cm³/mol. The Morgan fingerprint density at radius 3 is 2.89 bits per heavy atom. The molecule has 0 spiro atoms. The first-order valence-electron chi connectivity index (χ1n) is 9.67. The summed E-state index contributed by atoms with van der Waals surface area (Å²) in [4.78, 5) is 32.2. The summed E-state index contributed by atoms with van der Waals surface area (Å²) in [5.41, 5.74) is 2.11. The molecule has 1 aliphatic heterocycles. The van der Waals surface area contributed by atoms with E-state index in [4.69, 9.17) is 4.98 Å². The van der Waals surface area contributed by atoms with E-state index in [1.165, 1.54) is 11.3 Å². The van der Waals surface area contributed by atoms with Crippen LogP contribution in [0.4, 0.5) is 0 Å². The highest BCUT2D eigenvalue weighted by Gasteiger charge is 2.30. The van der Waals surface area contributed by atoms with Gasteiger partial charge in [-0.15, -0.1) is 22.7 Å². The number of rotatable bonds is 6. The Hall–Kier alpha value is -1.73. The Labute approximate surface area is 167 Å². The summed E-state index contributed by atoms with van der Waals surface area (Å²) in [7, 11) is 0. The first-order valence-corrected chi connectivity index (χ1v) is 11.4. The van der Waals surface area contributed by atoms with Crippen molar-refractivity contribution in [2.75, 3.05) is 19.6 Å². The summed E-state index contributed by atoms with van der Waals surface area (Å²) in [5.74, 6) is 0.930. The summed E-state index contributed by atoms with van der Waals surface area (Å²) in [5, 5.41) is 8.21. The van der Waals surface area contributed by atoms with Crippen molar-refractivity contribution < 1.29 is 9.59 Å². The fourth-order valence-corrected chi connectivity index (χ4v) is 5.40. The number of aryl methyl sites for hydroxylation is 1. The SMILES string of the molecule is Cc1ccsc1C(=O)N1CCCC(c2nc(CCNC(=O)C3CC3)cs2)C1. The second-order valence-corrected chi connectivity index (χ2v) is 9.32. The number of thiazole rings is 1. The predicted octanol–water partition coefficient (Wildman–Crippen LogP) is 3.60. The largest absolute Gasteiger partial charge is 0.355 e. The minimum Gasteiger partial charge on any atom is -0.355 e. The third-order valence-electron chi connectivity index (χ3n) is 5.31. The summed E-state index contributed by atoms with van der Waals surface area (Å²) in [6, 6.07) is 2.01. The van der Waals surface area contributed by atoms with Gasteiger partial charge in [-0.05, 0) is 49.6 Å². The van der Waals surface area contributed by atoms with Crippen molar-refractivity contribution in [2.45, 2.75) is 44.9 Å². The van der Waals surface area contributed by atoms with Crippen molar-refractivity contribution in [1.82, 2.24) is 15.2 Å². The van der Waals surface area contributed by atoms with Crippen molar-refractivity contribution in [3.05, 3.63) is 38.0 Å². The van der Waals surface area contributed by atoms with Gasteiger partial charge in [-0.2, -0.15) is 0 Å². The quantitative estimate of drug-likeness (QED) is 0.802. The van der Waals surface area contributed by atoms with E-state index in [1.807, 2.05) is 23.3 Å². The number of piperidine rings is 1. The summed E-state index contributed by atoms with van der Waals surface area (Å²) in [6.45, 7) is 4.24. The molecule has 3 heterocycles. The first kappa shape index (κ1) is 18.6. The van der Waals surface area contributed by atoms with Crippen LogP contribution in [-0.2, 0) is 11.2 Å². The fourth-order valence-electron chi connectivity index (χ4n) is 3.53. The zero-order chi connectivity index (χ0) is 18.8. The lowest BCUT2D eigenvalue weighted by molar-refractivity contribution is -0.122. The Morgan fingerprint density at radius 1 is 1.30 bits per heavy atom. The summed E-state index contributed by atoms with van der Waals surface area (Å²) >= 11 is 3.22. The number of carbonyl (C=O) groups is 2. The molecule has 144 valence electrons. The fraction of sp³-hybridized carbons (Fsp3) is 0.550. The summed E-state index contributed by atoms with van der Waals surface area (Å²) in [6.07, 6.45) is 4.95. The van der Waals surface area contributed by atoms with E-state index in [0.29, 0.717) is 12.5 Å². The standard InChI is InChI=1S/C20H25N3O2S2/c1-13-7-10-26-17(13)20(25)23-9-2-3-15(11-23)19-22-16(12-27-19)6-8-21-18(24)14-4-5-14/h7,10,12,14-15H,2-6,8-9,11H2,1H3,(H,21,24). The maximum Gasteiger partial charge on any atom is 0.264 e. The van der Waals surface area contributed by atoms with E-state index in [2.05, 4.69) is 10.7 Å². The number of likely N-dealkylation sites (tertiary alicyclic amines) is 1. The van der Waals surface area contributed by atoms with Gasteiger partial charge in [-0.25, -0.2) is 4.98 Å². The van der Waals surface area contributed by atoms with E-state index >= 15 is 0 Å². The van der Waals surface area contributed by atoms with Gasteiger partial charge < -0.3 is 10.2 Å². The lowest BCUT2D eigenvalue weighted by Crippen LogP contribution is -2.39. The molecule has 2 fully saturated rings. The van der Waals surface area contributed by atoms with Crippen LogP contribution >= 0.6 is 22.7 Å². The number of hydrogen-bond donors (Lipinski definition) is 1. The van der Waals surface area contributed by atoms with Crippen molar-refractivity contribution >= 4 is 34.5 Å². The van der Waals surface area contributed by atoms with Crippen LogP contribution < -0.4 is 5.32 Å². The molecular weight excluding hydrogens is 378 g/mol. The minimum atomic E-state index is 0.159. The van der Waals surface area contributed by atoms with Crippen molar-refractivity contribution in [3.8, 4) is 0 Å². The topological polar surface area (TPSA) is 62.3 Å². The molecule has 2 aromatic heterocycles. The Balaban J connectivity index is 1.33. The highest BCUT2D eigenvalue weighted by molar-refractivity contribution is 7.12. The molecule has 1 unspecified atom stereocenters. The molecule has 27 heavy (non-hydrogen) atoms. The third-order valence-corrected chi connectivity index (χ3v) is 7.37. The van der Waals surface area contributed by atoms with E-state index in [1.54, 1.807) is 11.3 Å². The molecule has 1 saturated carbocycles. The third kappa shape index (κ3) is 4.41. The zero-order valence-electron chi connectivity index (χ0n) is 15.6. The minimum absolute atomic E-state index is 0.159. The van der Waals surface area contributed by atoms with Crippen LogP contribution in [0.1, 0.15) is 57.5 Å². The molecule has 0 radical (unpaired) electrons. The molecule has 7 heteroatoms. The molecule has 0 aromatic carbocycles. The van der Waals surface area contributed by atoms with E-state index in [9.17, 15) is 9.59 Å². The normalized spacial score (nSPS) is 19.9. The van der Waals surface area contributed by atoms with Crippen molar-refractivity contribution in [1.29, 1.82) is 0 Å². The van der Waals surface area contributed by atoms with Crippen LogP contribution in [0.3, 0.4) is 0 Å². The Kier molecular flexibility index (Phi) is 5.59. The van der Waals surface area contributed by atoms with Crippen molar-refractivity contribution in [2.24, 2.45) is 5.92 Å². The lowest BCUT2D eigenvalue weighted by atomic mass is 9.98. The van der Waals surface area contributed by atoms with Gasteiger partial charge in [0.25, 0.3) is 5.91 Å². The smallest absolute Gasteiger partial charge is 0.264 e. The monoisotopic (exact) mass is 403 g/mol. The Morgan fingerprint density at radius 2 is 2.15 bits per heavy atom. The van der Waals surface area contributed by atoms with Crippen LogP contribution in [0.5, 0.6) is 0 Å². The highest BCUT2D eigenvalue weighted by atomic mass is 32.1. The number of hydrogen-bond acceptors (Lipinski definition) is 5. The number of aromatic nitrogens is 1. The van der Waals surface area contributed by atoms with Gasteiger partial charge in [0.1, 0.15) is 0 Å². The number of carbonyl (C=O) groups excluding carboxylic acids is 2. The molecule has 4 rings (SSSR count). The second-order valence-electron chi connectivity index (χ2n) is 7.52. The van der Waals surface area contributed by atoms with Crippen LogP contribution in [-0.4, -0.2) is 41.3 Å². The van der Waals surface area contributed by atoms with Gasteiger partial charge >= 0.3 is 0 Å². The average molecular weight is 404 g/mol. The molecule has 0 bridgehead atoms. The molecule has 2 aliphatic rings. The van der Waals surface area contributed by atoms with E-state index in [-0.39, 0.29) is 17.7 Å². The number of thiophene rings is 1. The van der Waals surface area contributed by atoms with Gasteiger partial charge in [0.2, 0.25) is 5.91 Å². The van der Waals surface area contributed by atoms with Gasteiger partial charge in [-0.3, -0.25) is 9.59 Å². The first-order chi connectivity index (χ1) is 13.1. The second kappa shape index (κ2) is 8.10. The molecule has 1 N–H and O–H groups in total. The van der Waals surface area contributed by atoms with Gasteiger partial charge in [-0.1, -0.05) is 0 Å². The van der Waals surface area contributed by atoms with Crippen LogP contribution in [0.15, 0.2) is 16.8 Å². The lowest BCUT2D eigenvalue weighted by Gasteiger charge is -2.31. The molecule has 2 amide bonds. The van der Waals surface area contributed by atoms with Gasteiger partial charge in [0.05, 0.1) is 15.6 Å². The molecule has 1 saturated heterocycles. The van der Waals surface area contributed by atoms with Crippen LogP contribution in [0.25, 0.3) is 0 Å². The molecule has 5 nitrogen and oxygen atoms in total. The maximum absolute atomic E-state index is 12.8. The van der Waals surface area contributed by atoms with Crippen LogP contribution in [0.2, 0.25) is 0 Å². The van der Waals surface area contributed by atoms with Crippen LogP contribution in [0, 0.1) is 12.8 Å². The highest BCUT2D eigenvalue weighted by Crippen LogP contribution is 2.31. The zero-order valence-corrected chi connectivity index (χ0v) is 17.2. The number of nitrogens with one attached hydrogen (secondary N) is 1. The molecule has 1 aliphatic carbocycles.